The molecular formula is C73H63F5N4O. The van der Waals surface area contributed by atoms with Crippen LogP contribution in [0.2, 0.25) is 0 Å². The van der Waals surface area contributed by atoms with Crippen LogP contribution in [0.1, 0.15) is 84.6 Å². The summed E-state index contributed by atoms with van der Waals surface area (Å²) in [5.41, 5.74) is 10.8. The van der Waals surface area contributed by atoms with E-state index in [1.165, 1.54) is 0 Å². The van der Waals surface area contributed by atoms with Crippen LogP contribution in [-0.2, 0) is 16.2 Å². The van der Waals surface area contributed by atoms with Crippen molar-refractivity contribution in [2.45, 2.75) is 85.5 Å². The molecule has 0 aliphatic carbocycles. The Morgan fingerprint density at radius 1 is 0.422 bits per heavy atom. The summed E-state index contributed by atoms with van der Waals surface area (Å²) in [5, 5.41) is 2.12. The molecule has 11 aromatic rings. The summed E-state index contributed by atoms with van der Waals surface area (Å²) in [7, 11) is 0. The van der Waals surface area contributed by atoms with Gasteiger partial charge in [0.1, 0.15) is 24.0 Å². The van der Waals surface area contributed by atoms with Crippen molar-refractivity contribution >= 4 is 44.6 Å². The molecule has 9 aromatic carbocycles. The van der Waals surface area contributed by atoms with Gasteiger partial charge in [0.25, 0.3) is 0 Å². The van der Waals surface area contributed by atoms with E-state index in [9.17, 15) is 0 Å². The number of fused-ring (bicyclic) bond motifs is 4. The van der Waals surface area contributed by atoms with Crippen LogP contribution in [-0.4, -0.2) is 16.2 Å². The number of hydrogen-bond donors (Lipinski definition) is 0. The standard InChI is InChI=1S/C73H63F5N4O/c1-43-20-14-15-23-54(43)47-34-51(40-53(35-47)83-52-28-29-56-55-24-16-17-25-59(55)82(62(56)41-52)63-39-48(30-31-79-63)71(2,3)4)80-42-81(61-27-19-18-26-60(61)80)70-57(46-32-49(72(5,6)7)38-50(33-46)73(8,9)10)36-45(44-21-12-11-13-22-44)37-58(70)64-65(74)67(76)69(78)68(77)66(64)75/h11-41H,42H2,1-10H3. The first kappa shape index (κ1) is 54.6. The van der Waals surface area contributed by atoms with Gasteiger partial charge in [0, 0.05) is 45.9 Å². The highest BCUT2D eigenvalue weighted by atomic mass is 19.2. The van der Waals surface area contributed by atoms with Gasteiger partial charge in [-0.2, -0.15) is 0 Å². The van der Waals surface area contributed by atoms with Gasteiger partial charge in [0.2, 0.25) is 5.82 Å². The van der Waals surface area contributed by atoms with Gasteiger partial charge in [-0.25, -0.2) is 26.9 Å². The number of rotatable bonds is 9. The van der Waals surface area contributed by atoms with Crippen LogP contribution >= 0.6 is 0 Å². The Bertz CT molecular complexity index is 4310. The molecule has 0 atom stereocenters. The number of anilines is 4. The van der Waals surface area contributed by atoms with E-state index in [0.29, 0.717) is 39.4 Å². The summed E-state index contributed by atoms with van der Waals surface area (Å²) in [4.78, 5) is 8.94. The van der Waals surface area contributed by atoms with Crippen molar-refractivity contribution in [3.63, 3.8) is 0 Å². The van der Waals surface area contributed by atoms with E-state index in [0.717, 1.165) is 72.4 Å². The van der Waals surface area contributed by atoms with Crippen molar-refractivity contribution in [2.24, 2.45) is 0 Å². The number of aromatic nitrogens is 2. The van der Waals surface area contributed by atoms with Gasteiger partial charge in [-0.1, -0.05) is 165 Å². The van der Waals surface area contributed by atoms with Crippen LogP contribution in [0.15, 0.2) is 188 Å². The Morgan fingerprint density at radius 2 is 1.00 bits per heavy atom. The van der Waals surface area contributed by atoms with Gasteiger partial charge in [-0.15, -0.1) is 0 Å². The number of para-hydroxylation sites is 3. The highest BCUT2D eigenvalue weighted by Gasteiger charge is 2.36. The lowest BCUT2D eigenvalue weighted by molar-refractivity contribution is 0.381. The highest BCUT2D eigenvalue weighted by molar-refractivity contribution is 6.09. The second-order valence-electron chi connectivity index (χ2n) is 24.8. The zero-order valence-electron chi connectivity index (χ0n) is 48.2. The van der Waals surface area contributed by atoms with E-state index in [-0.39, 0.29) is 34.2 Å². The van der Waals surface area contributed by atoms with Crippen LogP contribution in [0.5, 0.6) is 11.5 Å². The topological polar surface area (TPSA) is 33.5 Å². The zero-order chi connectivity index (χ0) is 58.4. The van der Waals surface area contributed by atoms with Gasteiger partial charge in [-0.3, -0.25) is 4.57 Å². The molecule has 0 amide bonds. The molecule has 2 aromatic heterocycles. The first-order valence-corrected chi connectivity index (χ1v) is 28.0. The molecule has 12 rings (SSSR count). The molecule has 0 saturated heterocycles. The molecule has 10 heteroatoms. The van der Waals surface area contributed by atoms with Crippen molar-refractivity contribution in [1.29, 1.82) is 0 Å². The highest BCUT2D eigenvalue weighted by Crippen LogP contribution is 2.54. The molecule has 0 bridgehead atoms. The van der Waals surface area contributed by atoms with E-state index >= 15 is 22.0 Å². The fraction of sp³-hybridized carbons (Fsp3) is 0.192. The normalized spacial score (nSPS) is 12.9. The van der Waals surface area contributed by atoms with Crippen LogP contribution in [0.4, 0.5) is 44.7 Å². The largest absolute Gasteiger partial charge is 0.457 e. The second-order valence-corrected chi connectivity index (χ2v) is 24.8. The molecule has 1 aliphatic heterocycles. The number of hydrogen-bond acceptors (Lipinski definition) is 4. The third kappa shape index (κ3) is 9.87. The molecule has 0 fully saturated rings. The van der Waals surface area contributed by atoms with Gasteiger partial charge >= 0.3 is 0 Å². The Kier molecular flexibility index (Phi) is 13.4. The third-order valence-electron chi connectivity index (χ3n) is 16.1. The van der Waals surface area contributed by atoms with Crippen molar-refractivity contribution in [3.8, 4) is 61.8 Å². The monoisotopic (exact) mass is 1110 g/mol. The Hall–Kier alpha value is -9.02. The summed E-state index contributed by atoms with van der Waals surface area (Å²) in [6.07, 6.45) is 1.86. The summed E-state index contributed by atoms with van der Waals surface area (Å²) in [5.74, 6) is -8.23. The molecule has 5 nitrogen and oxygen atoms in total. The van der Waals surface area contributed by atoms with Crippen molar-refractivity contribution in [3.05, 3.63) is 240 Å². The maximum Gasteiger partial charge on any atom is 0.200 e. The van der Waals surface area contributed by atoms with Crippen LogP contribution in [0.3, 0.4) is 0 Å². The maximum absolute atomic E-state index is 16.9. The molecule has 3 heterocycles. The Balaban J connectivity index is 1.08. The lowest BCUT2D eigenvalue weighted by Crippen LogP contribution is -2.25. The van der Waals surface area contributed by atoms with Gasteiger partial charge in [0.15, 0.2) is 23.3 Å². The predicted molar refractivity (Wildman–Crippen MR) is 329 cm³/mol. The Labute approximate surface area is 481 Å². The zero-order valence-corrected chi connectivity index (χ0v) is 48.2. The van der Waals surface area contributed by atoms with Crippen molar-refractivity contribution in [2.75, 3.05) is 16.5 Å². The van der Waals surface area contributed by atoms with Crippen molar-refractivity contribution < 1.29 is 26.7 Å². The minimum atomic E-state index is -2.23. The quantitative estimate of drug-likeness (QED) is 0.0819. The number of pyridine rings is 1. The SMILES string of the molecule is Cc1ccccc1-c1cc(Oc2ccc3c4ccccc4n(-c4cc(C(C)(C)C)ccn4)c3c2)cc(N2CN(c3c(-c4cc(C(C)(C)C)cc(C(C)(C)C)c4)cc(-c4ccccc4)cc3-c3c(F)c(F)c(F)c(F)c3F)c3ccccc32)c1. The lowest BCUT2D eigenvalue weighted by Gasteiger charge is -2.30. The van der Waals surface area contributed by atoms with Crippen LogP contribution in [0, 0.1) is 36.0 Å². The van der Waals surface area contributed by atoms with Gasteiger partial charge in [0.05, 0.1) is 33.7 Å². The van der Waals surface area contributed by atoms with Gasteiger partial charge in [-0.05, 0) is 140 Å². The number of aryl methyl sites for hydroxylation is 1. The van der Waals surface area contributed by atoms with E-state index in [1.54, 1.807) is 6.07 Å². The van der Waals surface area contributed by atoms with Crippen LogP contribution < -0.4 is 14.5 Å². The molecule has 0 saturated carbocycles. The maximum atomic E-state index is 16.9. The molecule has 416 valence electrons. The fourth-order valence-electron chi connectivity index (χ4n) is 11.5. The third-order valence-corrected chi connectivity index (χ3v) is 16.1. The number of halogens is 5. The summed E-state index contributed by atoms with van der Waals surface area (Å²) >= 11 is 0. The minimum absolute atomic E-state index is 0.0495. The molecule has 0 N–H and O–H groups in total. The number of benzene rings is 9. The first-order chi connectivity index (χ1) is 39.5. The fourth-order valence-corrected chi connectivity index (χ4v) is 11.5. The first-order valence-electron chi connectivity index (χ1n) is 28.0. The number of ether oxygens (including phenoxy) is 1. The lowest BCUT2D eigenvalue weighted by atomic mass is 9.78. The van der Waals surface area contributed by atoms with E-state index < -0.39 is 34.6 Å². The summed E-state index contributed by atoms with van der Waals surface area (Å²) in [6.45, 7) is 21.4. The average molecular weight is 1110 g/mol. The molecule has 0 unspecified atom stereocenters. The molecule has 0 spiro atoms. The molecule has 0 radical (unpaired) electrons. The summed E-state index contributed by atoms with van der Waals surface area (Å²) < 4.78 is 89.8. The number of nitrogens with zero attached hydrogens (tertiary/aromatic N) is 4. The second kappa shape index (κ2) is 20.4. The molecular weight excluding hydrogens is 1040 g/mol. The Morgan fingerprint density at radius 3 is 1.67 bits per heavy atom. The summed E-state index contributed by atoms with van der Waals surface area (Å²) in [6, 6.07) is 59.7. The minimum Gasteiger partial charge on any atom is -0.457 e. The molecule has 83 heavy (non-hydrogen) atoms. The predicted octanol–water partition coefficient (Wildman–Crippen LogP) is 20.8. The smallest absolute Gasteiger partial charge is 0.200 e. The van der Waals surface area contributed by atoms with Crippen molar-refractivity contribution in [1.82, 2.24) is 9.55 Å². The van der Waals surface area contributed by atoms with E-state index in [1.807, 2.05) is 114 Å². The van der Waals surface area contributed by atoms with E-state index in [4.69, 9.17) is 9.72 Å². The average Bonchev–Trinajstić information content (AvgIpc) is 4.28. The van der Waals surface area contributed by atoms with Gasteiger partial charge < -0.3 is 14.5 Å². The van der Waals surface area contributed by atoms with E-state index in [2.05, 4.69) is 152 Å². The molecule has 1 aliphatic rings. The van der Waals surface area contributed by atoms with Crippen LogP contribution in [0.25, 0.3) is 72.1 Å².